The molecule has 0 amide bonds. The third kappa shape index (κ3) is 1.15. The van der Waals surface area contributed by atoms with Crippen LogP contribution in [0.2, 0.25) is 0 Å². The lowest BCUT2D eigenvalue weighted by Gasteiger charge is -2.08. The smallest absolute Gasteiger partial charge is 0.0459 e. The van der Waals surface area contributed by atoms with Gasteiger partial charge in [-0.2, -0.15) is 0 Å². The van der Waals surface area contributed by atoms with E-state index < -0.39 is 0 Å². The van der Waals surface area contributed by atoms with Gasteiger partial charge in [0.15, 0.2) is 0 Å². The topological polar surface area (TPSA) is 15.8 Å². The molecule has 0 saturated carbocycles. The Morgan fingerprint density at radius 3 is 2.77 bits per heavy atom. The van der Waals surface area contributed by atoms with Crippen LogP contribution in [-0.2, 0) is 6.42 Å². The molecule has 0 aliphatic carbocycles. The Morgan fingerprint density at radius 1 is 1.31 bits per heavy atom. The second-order valence-electron chi connectivity index (χ2n) is 3.59. The highest BCUT2D eigenvalue weighted by molar-refractivity contribution is 5.85. The van der Waals surface area contributed by atoms with Crippen LogP contribution in [0.5, 0.6) is 0 Å². The largest absolute Gasteiger partial charge is 0.361 e. The van der Waals surface area contributed by atoms with E-state index in [9.17, 15) is 0 Å². The molecule has 1 aromatic carbocycles. The SMILES string of the molecule is CCc1c(C)c(C)cc2[nH]ccc12. The van der Waals surface area contributed by atoms with Gasteiger partial charge >= 0.3 is 0 Å². The highest BCUT2D eigenvalue weighted by Crippen LogP contribution is 2.24. The van der Waals surface area contributed by atoms with Gasteiger partial charge in [0.2, 0.25) is 0 Å². The van der Waals surface area contributed by atoms with Crippen LogP contribution in [0.1, 0.15) is 23.6 Å². The van der Waals surface area contributed by atoms with Gasteiger partial charge in [0.25, 0.3) is 0 Å². The Labute approximate surface area is 78.8 Å². The summed E-state index contributed by atoms with van der Waals surface area (Å²) in [7, 11) is 0. The summed E-state index contributed by atoms with van der Waals surface area (Å²) in [6.07, 6.45) is 3.13. The predicted octanol–water partition coefficient (Wildman–Crippen LogP) is 3.35. The number of rotatable bonds is 1. The highest BCUT2D eigenvalue weighted by Gasteiger charge is 2.05. The van der Waals surface area contributed by atoms with Crippen molar-refractivity contribution in [3.63, 3.8) is 0 Å². The van der Waals surface area contributed by atoms with E-state index in [1.807, 2.05) is 6.20 Å². The summed E-state index contributed by atoms with van der Waals surface area (Å²) >= 11 is 0. The van der Waals surface area contributed by atoms with Crippen LogP contribution in [0.3, 0.4) is 0 Å². The van der Waals surface area contributed by atoms with E-state index in [4.69, 9.17) is 0 Å². The van der Waals surface area contributed by atoms with Crippen molar-refractivity contribution in [1.82, 2.24) is 4.98 Å². The Bertz CT molecular complexity index is 438. The van der Waals surface area contributed by atoms with E-state index >= 15 is 0 Å². The van der Waals surface area contributed by atoms with E-state index in [-0.39, 0.29) is 0 Å². The molecule has 0 atom stereocenters. The van der Waals surface area contributed by atoms with Crippen LogP contribution < -0.4 is 0 Å². The molecule has 0 bridgehead atoms. The van der Waals surface area contributed by atoms with E-state index in [2.05, 4.69) is 37.9 Å². The number of benzene rings is 1. The third-order valence-electron chi connectivity index (χ3n) is 2.86. The predicted molar refractivity (Wildman–Crippen MR) is 57.2 cm³/mol. The molecule has 1 aromatic heterocycles. The van der Waals surface area contributed by atoms with E-state index in [1.165, 1.54) is 27.6 Å². The average Bonchev–Trinajstić information content (AvgIpc) is 2.54. The fourth-order valence-electron chi connectivity index (χ4n) is 1.99. The van der Waals surface area contributed by atoms with Gasteiger partial charge in [-0.15, -0.1) is 0 Å². The number of fused-ring (bicyclic) bond motifs is 1. The summed E-state index contributed by atoms with van der Waals surface area (Å²) in [5.41, 5.74) is 5.57. The van der Waals surface area contributed by atoms with E-state index in [0.717, 1.165) is 6.42 Å². The molecule has 1 N–H and O–H groups in total. The first-order valence-electron chi connectivity index (χ1n) is 4.80. The molecule has 68 valence electrons. The van der Waals surface area contributed by atoms with Crippen LogP contribution in [0.4, 0.5) is 0 Å². The lowest BCUT2D eigenvalue weighted by atomic mass is 9.98. The van der Waals surface area contributed by atoms with Gasteiger partial charge in [-0.05, 0) is 49.1 Å². The Morgan fingerprint density at radius 2 is 2.08 bits per heavy atom. The van der Waals surface area contributed by atoms with Gasteiger partial charge in [0.05, 0.1) is 0 Å². The van der Waals surface area contributed by atoms with Crippen molar-refractivity contribution in [2.24, 2.45) is 0 Å². The van der Waals surface area contributed by atoms with Crippen LogP contribution >= 0.6 is 0 Å². The second-order valence-corrected chi connectivity index (χ2v) is 3.59. The molecule has 1 heteroatoms. The first-order chi connectivity index (χ1) is 6.24. The molecule has 0 unspecified atom stereocenters. The molecule has 0 aliphatic heterocycles. The number of nitrogens with one attached hydrogen (secondary N) is 1. The summed E-state index contributed by atoms with van der Waals surface area (Å²) in [5.74, 6) is 0. The fourth-order valence-corrected chi connectivity index (χ4v) is 1.99. The molecule has 1 heterocycles. The first kappa shape index (κ1) is 8.36. The summed E-state index contributed by atoms with van der Waals surface area (Å²) in [4.78, 5) is 3.26. The van der Waals surface area contributed by atoms with Gasteiger partial charge in [0, 0.05) is 17.1 Å². The Balaban J connectivity index is 2.87. The van der Waals surface area contributed by atoms with Gasteiger partial charge in [-0.3, -0.25) is 0 Å². The van der Waals surface area contributed by atoms with E-state index in [0.29, 0.717) is 0 Å². The maximum absolute atomic E-state index is 3.26. The van der Waals surface area contributed by atoms with Gasteiger partial charge in [-0.1, -0.05) is 6.92 Å². The first-order valence-corrected chi connectivity index (χ1v) is 4.80. The van der Waals surface area contributed by atoms with Crippen molar-refractivity contribution in [3.05, 3.63) is 35.0 Å². The zero-order valence-electron chi connectivity index (χ0n) is 8.44. The molecule has 1 nitrogen and oxygen atoms in total. The van der Waals surface area contributed by atoms with Gasteiger partial charge in [-0.25, -0.2) is 0 Å². The molecule has 0 fully saturated rings. The van der Waals surface area contributed by atoms with Crippen LogP contribution in [0.15, 0.2) is 18.3 Å². The molecular weight excluding hydrogens is 158 g/mol. The quantitative estimate of drug-likeness (QED) is 0.680. The zero-order valence-corrected chi connectivity index (χ0v) is 8.44. The minimum atomic E-state index is 1.11. The van der Waals surface area contributed by atoms with Crippen molar-refractivity contribution in [1.29, 1.82) is 0 Å². The van der Waals surface area contributed by atoms with Crippen LogP contribution in [0.25, 0.3) is 10.9 Å². The lowest BCUT2D eigenvalue weighted by Crippen LogP contribution is -1.91. The molecule has 13 heavy (non-hydrogen) atoms. The molecular formula is C12H15N. The minimum Gasteiger partial charge on any atom is -0.361 e. The summed E-state index contributed by atoms with van der Waals surface area (Å²) in [6, 6.07) is 4.39. The third-order valence-corrected chi connectivity index (χ3v) is 2.86. The molecule has 2 rings (SSSR count). The van der Waals surface area contributed by atoms with E-state index in [1.54, 1.807) is 0 Å². The number of hydrogen-bond donors (Lipinski definition) is 1. The molecule has 0 aliphatic rings. The average molecular weight is 173 g/mol. The fraction of sp³-hybridized carbons (Fsp3) is 0.333. The number of hydrogen-bond acceptors (Lipinski definition) is 0. The summed E-state index contributed by atoms with van der Waals surface area (Å²) in [6.45, 7) is 6.60. The minimum absolute atomic E-state index is 1.11. The lowest BCUT2D eigenvalue weighted by molar-refractivity contribution is 1.12. The summed E-state index contributed by atoms with van der Waals surface area (Å²) < 4.78 is 0. The monoisotopic (exact) mass is 173 g/mol. The number of aromatic nitrogens is 1. The standard InChI is InChI=1S/C12H15N/c1-4-10-9(3)8(2)7-12-11(10)5-6-13-12/h5-7,13H,4H2,1-3H3. The van der Waals surface area contributed by atoms with Crippen molar-refractivity contribution in [3.8, 4) is 0 Å². The van der Waals surface area contributed by atoms with Gasteiger partial charge < -0.3 is 4.98 Å². The molecule has 0 spiro atoms. The second kappa shape index (κ2) is 2.91. The number of H-pyrrole nitrogens is 1. The number of aromatic amines is 1. The molecule has 0 saturated heterocycles. The van der Waals surface area contributed by atoms with Crippen molar-refractivity contribution >= 4 is 10.9 Å². The molecule has 0 radical (unpaired) electrons. The van der Waals surface area contributed by atoms with Crippen molar-refractivity contribution in [2.45, 2.75) is 27.2 Å². The normalized spacial score (nSPS) is 11.0. The molecule has 2 aromatic rings. The number of aryl methyl sites for hydroxylation is 2. The van der Waals surface area contributed by atoms with Crippen molar-refractivity contribution < 1.29 is 0 Å². The Kier molecular flexibility index (Phi) is 1.87. The van der Waals surface area contributed by atoms with Crippen LogP contribution in [0, 0.1) is 13.8 Å². The maximum Gasteiger partial charge on any atom is 0.0459 e. The summed E-state index contributed by atoms with van der Waals surface area (Å²) in [5, 5.41) is 1.38. The zero-order chi connectivity index (χ0) is 9.42. The van der Waals surface area contributed by atoms with Gasteiger partial charge in [0.1, 0.15) is 0 Å². The Hall–Kier alpha value is -1.24. The maximum atomic E-state index is 3.26. The van der Waals surface area contributed by atoms with Crippen LogP contribution in [-0.4, -0.2) is 4.98 Å². The highest BCUT2D eigenvalue weighted by atomic mass is 14.7. The van der Waals surface area contributed by atoms with Crippen molar-refractivity contribution in [2.75, 3.05) is 0 Å².